The van der Waals surface area contributed by atoms with E-state index in [0.29, 0.717) is 0 Å². The van der Waals surface area contributed by atoms with Gasteiger partial charge in [-0.05, 0) is 59.4 Å². The Morgan fingerprint density at radius 3 is 1.83 bits per heavy atom. The van der Waals surface area contributed by atoms with Crippen LogP contribution in [0.25, 0.3) is 0 Å². The molecule has 0 aromatic carbocycles. The van der Waals surface area contributed by atoms with Crippen molar-refractivity contribution in [1.82, 2.24) is 0 Å². The molecule has 0 saturated heterocycles. The van der Waals surface area contributed by atoms with E-state index in [-0.39, 0.29) is 14.9 Å². The molecule has 4 aliphatic carbocycles. The van der Waals surface area contributed by atoms with Crippen molar-refractivity contribution >= 4 is 25.1 Å². The SMILES string of the molecule is CC(C)C1CC([Si](C)(C)C2CCC3CCCCC32)C2CCCCC12.[CH3-].[CH3-].[Cl][Zr+2][Cl]. The normalized spacial score (nSPS) is 38.5. The molecule has 0 aliphatic heterocycles. The molecule has 0 amide bonds. The number of hydrogen-bond donors (Lipinski definition) is 0. The zero-order chi connectivity index (χ0) is 19.6. The number of rotatable bonds is 3. The Hall–Kier alpha value is 1.68. The molecule has 0 spiro atoms. The number of halogens is 2. The predicted octanol–water partition coefficient (Wildman–Crippen LogP) is 9.79. The Labute approximate surface area is 203 Å². The second kappa shape index (κ2) is 12.8. The average molecular weight is 539 g/mol. The fourth-order valence-corrected chi connectivity index (χ4v) is 13.8. The van der Waals surface area contributed by atoms with E-state index in [1.54, 1.807) is 64.2 Å². The van der Waals surface area contributed by atoms with Crippen LogP contribution in [0.5, 0.6) is 0 Å². The Bertz CT molecular complexity index is 470. The Balaban J connectivity index is 0.000000794. The van der Waals surface area contributed by atoms with Crippen LogP contribution in [0.4, 0.5) is 0 Å². The Kier molecular flexibility index (Phi) is 12.7. The maximum absolute atomic E-state index is 4.93. The first-order chi connectivity index (χ1) is 12.9. The quantitative estimate of drug-likeness (QED) is 0.248. The van der Waals surface area contributed by atoms with Crippen LogP contribution in [0, 0.1) is 50.4 Å². The molecule has 4 heteroatoms. The third-order valence-corrected chi connectivity index (χ3v) is 14.8. The molecule has 29 heavy (non-hydrogen) atoms. The van der Waals surface area contributed by atoms with E-state index < -0.39 is 28.9 Å². The molecular formula is C25H48Cl2SiZr. The summed E-state index contributed by atoms with van der Waals surface area (Å²) in [5.74, 6) is 6.53. The standard InChI is InChI=1S/C23H42Si.2CH3.2ClH.Zr/c1-16(2)21-15-23(20-12-8-7-11-19(20)21)24(3,4)22-14-13-17-9-5-6-10-18(17)22;;;;;/h16-23H,5-15H2,1-4H3;2*1H3;2*1H;/q;2*-1;;;+4/p-2. The minimum atomic E-state index is -1.14. The van der Waals surface area contributed by atoms with Crippen LogP contribution < -0.4 is 0 Å². The summed E-state index contributed by atoms with van der Waals surface area (Å²) in [6, 6.07) is 0. The Morgan fingerprint density at radius 1 is 0.724 bits per heavy atom. The molecule has 0 N–H and O–H groups in total. The summed E-state index contributed by atoms with van der Waals surface area (Å²) in [7, 11) is 8.73. The van der Waals surface area contributed by atoms with E-state index in [1.807, 2.05) is 0 Å². The van der Waals surface area contributed by atoms with Crippen LogP contribution in [0.15, 0.2) is 0 Å². The summed E-state index contributed by atoms with van der Waals surface area (Å²) < 4.78 is 0. The van der Waals surface area contributed by atoms with Gasteiger partial charge in [0, 0.05) is 0 Å². The summed E-state index contributed by atoms with van der Waals surface area (Å²) >= 11 is -0.826. The zero-order valence-corrected chi connectivity index (χ0v) is 25.1. The first kappa shape index (κ1) is 28.7. The van der Waals surface area contributed by atoms with E-state index in [1.165, 1.54) is 17.5 Å². The first-order valence-corrected chi connectivity index (χ1v) is 21.4. The summed E-state index contributed by atoms with van der Waals surface area (Å²) in [4.78, 5) is 0. The third-order valence-electron chi connectivity index (χ3n) is 9.57. The van der Waals surface area contributed by atoms with E-state index in [9.17, 15) is 0 Å². The van der Waals surface area contributed by atoms with Gasteiger partial charge in [-0.1, -0.05) is 84.7 Å². The van der Waals surface area contributed by atoms with E-state index in [4.69, 9.17) is 17.0 Å². The molecule has 4 rings (SSSR count). The van der Waals surface area contributed by atoms with Crippen molar-refractivity contribution in [2.75, 3.05) is 0 Å². The fraction of sp³-hybridized carbons (Fsp3) is 0.920. The fourth-order valence-electron chi connectivity index (χ4n) is 8.42. The van der Waals surface area contributed by atoms with E-state index >= 15 is 0 Å². The van der Waals surface area contributed by atoms with Gasteiger partial charge in [0.25, 0.3) is 0 Å². The molecule has 7 atom stereocenters. The Morgan fingerprint density at radius 2 is 1.24 bits per heavy atom. The minimum absolute atomic E-state index is 0. The van der Waals surface area contributed by atoms with Crippen LogP contribution in [-0.4, -0.2) is 8.07 Å². The molecule has 170 valence electrons. The van der Waals surface area contributed by atoms with Gasteiger partial charge < -0.3 is 14.9 Å². The molecule has 4 aliphatic rings. The van der Waals surface area contributed by atoms with Gasteiger partial charge in [0.2, 0.25) is 0 Å². The van der Waals surface area contributed by atoms with Gasteiger partial charge in [0.05, 0.1) is 8.07 Å². The molecule has 0 aromatic heterocycles. The number of fused-ring (bicyclic) bond motifs is 2. The van der Waals surface area contributed by atoms with Gasteiger partial charge in [-0.25, -0.2) is 0 Å². The second-order valence-electron chi connectivity index (χ2n) is 11.1. The predicted molar refractivity (Wildman–Crippen MR) is 133 cm³/mol. The molecule has 0 heterocycles. The summed E-state index contributed by atoms with van der Waals surface area (Å²) in [6.07, 6.45) is 17.4. The van der Waals surface area contributed by atoms with Crippen molar-refractivity contribution in [3.63, 3.8) is 0 Å². The molecule has 0 bridgehead atoms. The molecule has 0 aromatic rings. The van der Waals surface area contributed by atoms with Crippen molar-refractivity contribution in [1.29, 1.82) is 0 Å². The topological polar surface area (TPSA) is 0 Å². The van der Waals surface area contributed by atoms with Gasteiger partial charge in [-0.2, -0.15) is 0 Å². The van der Waals surface area contributed by atoms with E-state index in [2.05, 4.69) is 26.9 Å². The van der Waals surface area contributed by atoms with Crippen LogP contribution in [0.2, 0.25) is 24.2 Å². The average Bonchev–Trinajstić information content (AvgIpc) is 3.25. The van der Waals surface area contributed by atoms with Crippen LogP contribution in [0.3, 0.4) is 0 Å². The third kappa shape index (κ3) is 6.18. The van der Waals surface area contributed by atoms with Crippen molar-refractivity contribution in [3.8, 4) is 0 Å². The zero-order valence-electron chi connectivity index (χ0n) is 20.2. The van der Waals surface area contributed by atoms with Crippen molar-refractivity contribution < 1.29 is 20.8 Å². The van der Waals surface area contributed by atoms with Crippen molar-refractivity contribution in [2.24, 2.45) is 35.5 Å². The van der Waals surface area contributed by atoms with Crippen LogP contribution in [0.1, 0.15) is 84.5 Å². The second-order valence-corrected chi connectivity index (χ2v) is 20.0. The monoisotopic (exact) mass is 536 g/mol. The van der Waals surface area contributed by atoms with Crippen LogP contribution in [-0.2, 0) is 20.8 Å². The van der Waals surface area contributed by atoms with Gasteiger partial charge in [-0.3, -0.25) is 0 Å². The molecule has 4 saturated carbocycles. The molecule has 0 radical (unpaired) electrons. The van der Waals surface area contributed by atoms with Gasteiger partial charge in [0.15, 0.2) is 0 Å². The number of hydrogen-bond acceptors (Lipinski definition) is 0. The summed E-state index contributed by atoms with van der Waals surface area (Å²) in [5.41, 5.74) is 2.35. The molecule has 0 nitrogen and oxygen atoms in total. The van der Waals surface area contributed by atoms with Gasteiger partial charge >= 0.3 is 37.9 Å². The van der Waals surface area contributed by atoms with Crippen molar-refractivity contribution in [3.05, 3.63) is 14.9 Å². The first-order valence-electron chi connectivity index (χ1n) is 11.9. The van der Waals surface area contributed by atoms with Gasteiger partial charge in [0.1, 0.15) is 0 Å². The molecule has 4 fully saturated rings. The van der Waals surface area contributed by atoms with E-state index in [0.717, 1.165) is 35.5 Å². The molecule has 7 unspecified atom stereocenters. The summed E-state index contributed by atoms with van der Waals surface area (Å²) in [5, 5.41) is 0. The van der Waals surface area contributed by atoms with Crippen molar-refractivity contribution in [2.45, 2.75) is 109 Å². The maximum atomic E-state index is 4.93. The summed E-state index contributed by atoms with van der Waals surface area (Å²) in [6.45, 7) is 10.8. The van der Waals surface area contributed by atoms with Gasteiger partial charge in [-0.15, -0.1) is 0 Å². The molecular weight excluding hydrogens is 490 g/mol. The van der Waals surface area contributed by atoms with Crippen LogP contribution >= 0.6 is 17.0 Å².